The highest BCUT2D eigenvalue weighted by atomic mass is 16.6. The van der Waals surface area contributed by atoms with Crippen LogP contribution in [0.2, 0.25) is 0 Å². The smallest absolute Gasteiger partial charge is 0.306 e. The fourth-order valence-corrected chi connectivity index (χ4v) is 5.97. The van der Waals surface area contributed by atoms with Gasteiger partial charge in [0.05, 0.1) is 0 Å². The molecule has 0 saturated carbocycles. The number of esters is 3. The fraction of sp³-hybridized carbons (Fsp3) is 0.667. The number of unbranched alkanes of at least 4 members (excludes halogenated alkanes) is 19. The average molecular weight is 793 g/mol. The van der Waals surface area contributed by atoms with E-state index in [0.29, 0.717) is 25.7 Å². The van der Waals surface area contributed by atoms with Gasteiger partial charge < -0.3 is 14.2 Å². The Bertz CT molecular complexity index is 1140. The molecule has 6 heteroatoms. The largest absolute Gasteiger partial charge is 0.462 e. The van der Waals surface area contributed by atoms with E-state index in [1.807, 2.05) is 24.3 Å². The summed E-state index contributed by atoms with van der Waals surface area (Å²) in [5.41, 5.74) is 0. The van der Waals surface area contributed by atoms with Crippen LogP contribution in [0.3, 0.4) is 0 Å². The highest BCUT2D eigenvalue weighted by molar-refractivity contribution is 5.71. The Morgan fingerprint density at radius 1 is 0.368 bits per heavy atom. The van der Waals surface area contributed by atoms with E-state index in [0.717, 1.165) is 89.9 Å². The molecule has 0 radical (unpaired) electrons. The third-order valence-corrected chi connectivity index (χ3v) is 9.48. The summed E-state index contributed by atoms with van der Waals surface area (Å²) in [4.78, 5) is 37.7. The van der Waals surface area contributed by atoms with Crippen LogP contribution in [-0.2, 0) is 28.6 Å². The topological polar surface area (TPSA) is 78.9 Å². The minimum atomic E-state index is -0.801. The second-order valence-electron chi connectivity index (χ2n) is 15.0. The standard InChI is InChI=1S/C51H84O6/c1-4-7-10-13-16-19-21-23-25-27-29-32-35-38-41-44-50(53)56-47-48(46-55-49(52)43-40-37-34-31-18-15-12-9-6-3)57-51(54)45-42-39-36-33-30-28-26-24-22-20-17-14-11-8-5-2/h7,10,13,16-17,19-25,31,34,48H,4-6,8-9,11-12,14-15,18,26-30,32-33,35-47H2,1-3H3/b10-7-,16-13-,20-17-,21-19-,24-22-,25-23-,34-31-. The Morgan fingerprint density at radius 2 is 0.719 bits per heavy atom. The zero-order chi connectivity index (χ0) is 41.5. The van der Waals surface area contributed by atoms with Crippen LogP contribution in [0.25, 0.3) is 0 Å². The minimum absolute atomic E-state index is 0.103. The Morgan fingerprint density at radius 3 is 1.25 bits per heavy atom. The molecule has 1 unspecified atom stereocenters. The van der Waals surface area contributed by atoms with Crippen LogP contribution in [0.5, 0.6) is 0 Å². The van der Waals surface area contributed by atoms with Crippen molar-refractivity contribution in [3.63, 3.8) is 0 Å². The maximum absolute atomic E-state index is 12.7. The van der Waals surface area contributed by atoms with Crippen LogP contribution < -0.4 is 0 Å². The molecule has 6 nitrogen and oxygen atoms in total. The van der Waals surface area contributed by atoms with Gasteiger partial charge >= 0.3 is 17.9 Å². The van der Waals surface area contributed by atoms with Crippen molar-refractivity contribution in [2.75, 3.05) is 13.2 Å². The van der Waals surface area contributed by atoms with Crippen molar-refractivity contribution in [1.29, 1.82) is 0 Å². The Hall–Kier alpha value is -3.41. The van der Waals surface area contributed by atoms with E-state index < -0.39 is 6.10 Å². The van der Waals surface area contributed by atoms with Crippen molar-refractivity contribution in [2.45, 2.75) is 207 Å². The number of hydrogen-bond donors (Lipinski definition) is 0. The summed E-state index contributed by atoms with van der Waals surface area (Å²) in [6.45, 7) is 6.36. The first-order valence-corrected chi connectivity index (χ1v) is 23.2. The normalized spacial score (nSPS) is 12.8. The molecule has 0 spiro atoms. The van der Waals surface area contributed by atoms with Crippen LogP contribution >= 0.6 is 0 Å². The van der Waals surface area contributed by atoms with Crippen molar-refractivity contribution in [3.05, 3.63) is 85.1 Å². The van der Waals surface area contributed by atoms with Crippen molar-refractivity contribution in [3.8, 4) is 0 Å². The number of rotatable bonds is 40. The summed E-state index contributed by atoms with van der Waals surface area (Å²) in [7, 11) is 0. The lowest BCUT2D eigenvalue weighted by atomic mass is 10.1. The molecular formula is C51H84O6. The third kappa shape index (κ3) is 43.6. The lowest BCUT2D eigenvalue weighted by Gasteiger charge is -2.18. The molecule has 0 N–H and O–H groups in total. The van der Waals surface area contributed by atoms with Crippen LogP contribution in [0.1, 0.15) is 201 Å². The van der Waals surface area contributed by atoms with Gasteiger partial charge in [0.1, 0.15) is 13.2 Å². The zero-order valence-corrected chi connectivity index (χ0v) is 36.8. The second-order valence-corrected chi connectivity index (χ2v) is 15.0. The Labute approximate surface area is 350 Å². The molecule has 57 heavy (non-hydrogen) atoms. The molecule has 0 aromatic rings. The van der Waals surface area contributed by atoms with E-state index >= 15 is 0 Å². The van der Waals surface area contributed by atoms with Crippen molar-refractivity contribution in [2.24, 2.45) is 0 Å². The first-order valence-electron chi connectivity index (χ1n) is 23.2. The second kappa shape index (κ2) is 45.3. The van der Waals surface area contributed by atoms with Crippen molar-refractivity contribution < 1.29 is 28.6 Å². The van der Waals surface area contributed by atoms with Crippen LogP contribution in [0.15, 0.2) is 85.1 Å². The highest BCUT2D eigenvalue weighted by Gasteiger charge is 2.19. The van der Waals surface area contributed by atoms with Gasteiger partial charge in [0.25, 0.3) is 0 Å². The van der Waals surface area contributed by atoms with E-state index in [4.69, 9.17) is 14.2 Å². The van der Waals surface area contributed by atoms with Gasteiger partial charge in [0.15, 0.2) is 6.10 Å². The van der Waals surface area contributed by atoms with E-state index in [1.165, 1.54) is 64.2 Å². The quantitative estimate of drug-likeness (QED) is 0.0202. The average Bonchev–Trinajstić information content (AvgIpc) is 3.21. The number of carbonyl (C=O) groups is 3. The highest BCUT2D eigenvalue weighted by Crippen LogP contribution is 2.12. The predicted molar refractivity (Wildman–Crippen MR) is 242 cm³/mol. The third-order valence-electron chi connectivity index (χ3n) is 9.48. The minimum Gasteiger partial charge on any atom is -0.462 e. The predicted octanol–water partition coefficient (Wildman–Crippen LogP) is 14.9. The lowest BCUT2D eigenvalue weighted by molar-refractivity contribution is -0.167. The van der Waals surface area contributed by atoms with Crippen LogP contribution in [-0.4, -0.2) is 37.2 Å². The first-order chi connectivity index (χ1) is 28.0. The zero-order valence-electron chi connectivity index (χ0n) is 36.8. The SMILES string of the molecule is CC\C=C/C=C\C=C/C=C\CCCCCCCC(=O)OCC(COC(=O)CCC/C=C\CCCCCC)OC(=O)CCCCCCCC/C=C\C=C/CCCCC. The van der Waals surface area contributed by atoms with Crippen LogP contribution in [0.4, 0.5) is 0 Å². The number of carbonyl (C=O) groups excluding carboxylic acids is 3. The number of hydrogen-bond acceptors (Lipinski definition) is 6. The molecule has 0 aromatic carbocycles. The molecule has 0 aromatic heterocycles. The van der Waals surface area contributed by atoms with Gasteiger partial charge in [0.2, 0.25) is 0 Å². The maximum atomic E-state index is 12.7. The van der Waals surface area contributed by atoms with E-state index in [9.17, 15) is 14.4 Å². The van der Waals surface area contributed by atoms with E-state index in [-0.39, 0.29) is 31.1 Å². The summed E-state index contributed by atoms with van der Waals surface area (Å²) in [5, 5.41) is 0. The molecular weight excluding hydrogens is 709 g/mol. The van der Waals surface area contributed by atoms with Gasteiger partial charge in [-0.05, 0) is 83.5 Å². The lowest BCUT2D eigenvalue weighted by Crippen LogP contribution is -2.30. The fourth-order valence-electron chi connectivity index (χ4n) is 5.97. The van der Waals surface area contributed by atoms with Crippen molar-refractivity contribution in [1.82, 2.24) is 0 Å². The van der Waals surface area contributed by atoms with Gasteiger partial charge in [-0.3, -0.25) is 14.4 Å². The Balaban J connectivity index is 4.46. The molecule has 0 saturated heterocycles. The maximum Gasteiger partial charge on any atom is 0.306 e. The molecule has 0 fully saturated rings. The van der Waals surface area contributed by atoms with Crippen molar-refractivity contribution >= 4 is 17.9 Å². The summed E-state index contributed by atoms with van der Waals surface area (Å²) in [6.07, 6.45) is 57.1. The number of allylic oxidation sites excluding steroid dienone is 14. The molecule has 0 aliphatic heterocycles. The van der Waals surface area contributed by atoms with Gasteiger partial charge in [-0.1, -0.05) is 183 Å². The number of ether oxygens (including phenoxy) is 3. The molecule has 0 bridgehead atoms. The van der Waals surface area contributed by atoms with Crippen LogP contribution in [0, 0.1) is 0 Å². The molecule has 0 amide bonds. The molecule has 1 atom stereocenters. The summed E-state index contributed by atoms with van der Waals surface area (Å²) >= 11 is 0. The molecule has 324 valence electrons. The summed E-state index contributed by atoms with van der Waals surface area (Å²) in [6, 6.07) is 0. The summed E-state index contributed by atoms with van der Waals surface area (Å²) < 4.78 is 16.6. The molecule has 0 heterocycles. The Kier molecular flexibility index (Phi) is 42.6. The molecule has 0 aliphatic carbocycles. The molecule has 0 rings (SSSR count). The van der Waals surface area contributed by atoms with Gasteiger partial charge in [-0.15, -0.1) is 0 Å². The summed E-state index contributed by atoms with van der Waals surface area (Å²) in [5.74, 6) is -0.980. The molecule has 0 aliphatic rings. The van der Waals surface area contributed by atoms with Gasteiger partial charge in [0, 0.05) is 19.3 Å². The monoisotopic (exact) mass is 793 g/mol. The van der Waals surface area contributed by atoms with E-state index in [2.05, 4.69) is 81.5 Å². The van der Waals surface area contributed by atoms with E-state index in [1.54, 1.807) is 0 Å². The van der Waals surface area contributed by atoms with Gasteiger partial charge in [-0.2, -0.15) is 0 Å². The first kappa shape index (κ1) is 53.6. The van der Waals surface area contributed by atoms with Gasteiger partial charge in [-0.25, -0.2) is 0 Å².